The van der Waals surface area contributed by atoms with Crippen LogP contribution in [0.15, 0.2) is 35.5 Å². The highest BCUT2D eigenvalue weighted by atomic mass is 16.5. The molecule has 1 unspecified atom stereocenters. The van der Waals surface area contributed by atoms with Crippen LogP contribution >= 0.6 is 0 Å². The SMILES string of the molecule is COCCN(C(=O)C(/C(N)=N/O)c1ccccc1)C(C)C. The Hall–Kier alpha value is -2.08. The zero-order valence-electron chi connectivity index (χ0n) is 12.7. The van der Waals surface area contributed by atoms with E-state index in [2.05, 4.69) is 5.16 Å². The molecule has 0 aliphatic rings. The summed E-state index contributed by atoms with van der Waals surface area (Å²) in [6, 6.07) is 9.04. The molecule has 0 fully saturated rings. The van der Waals surface area contributed by atoms with Crippen molar-refractivity contribution in [3.63, 3.8) is 0 Å². The lowest BCUT2D eigenvalue weighted by molar-refractivity contribution is -0.133. The van der Waals surface area contributed by atoms with E-state index in [0.29, 0.717) is 18.7 Å². The summed E-state index contributed by atoms with van der Waals surface area (Å²) in [6.45, 7) is 4.72. The van der Waals surface area contributed by atoms with Crippen molar-refractivity contribution in [2.75, 3.05) is 20.3 Å². The van der Waals surface area contributed by atoms with Gasteiger partial charge in [-0.05, 0) is 19.4 Å². The Morgan fingerprint density at radius 1 is 1.38 bits per heavy atom. The largest absolute Gasteiger partial charge is 0.409 e. The van der Waals surface area contributed by atoms with Gasteiger partial charge < -0.3 is 20.6 Å². The molecule has 0 radical (unpaired) electrons. The molecule has 0 aromatic heterocycles. The van der Waals surface area contributed by atoms with Crippen LogP contribution in [0.25, 0.3) is 0 Å². The van der Waals surface area contributed by atoms with E-state index in [9.17, 15) is 4.79 Å². The van der Waals surface area contributed by atoms with Crippen LogP contribution in [0.5, 0.6) is 0 Å². The lowest BCUT2D eigenvalue weighted by Gasteiger charge is -2.30. The van der Waals surface area contributed by atoms with Crippen LogP contribution in [0, 0.1) is 0 Å². The van der Waals surface area contributed by atoms with Gasteiger partial charge in [0.2, 0.25) is 5.91 Å². The van der Waals surface area contributed by atoms with E-state index in [1.807, 2.05) is 32.0 Å². The molecule has 0 heterocycles. The monoisotopic (exact) mass is 293 g/mol. The van der Waals surface area contributed by atoms with E-state index in [-0.39, 0.29) is 17.8 Å². The van der Waals surface area contributed by atoms with Crippen LogP contribution < -0.4 is 5.73 Å². The first kappa shape index (κ1) is 17.0. The predicted molar refractivity (Wildman–Crippen MR) is 81.3 cm³/mol. The standard InChI is InChI=1S/C15H23N3O3/c1-11(2)18(9-10-21-3)15(19)13(14(16)17-20)12-7-5-4-6-8-12/h4-8,11,13,20H,9-10H2,1-3H3,(H2,16,17). The summed E-state index contributed by atoms with van der Waals surface area (Å²) < 4.78 is 5.04. The number of hydrogen-bond acceptors (Lipinski definition) is 4. The Kier molecular flexibility index (Phi) is 6.68. The average molecular weight is 293 g/mol. The number of amides is 1. The maximum Gasteiger partial charge on any atom is 0.238 e. The molecule has 21 heavy (non-hydrogen) atoms. The molecule has 1 amide bonds. The number of methoxy groups -OCH3 is 1. The Morgan fingerprint density at radius 3 is 2.48 bits per heavy atom. The molecule has 0 spiro atoms. The molecule has 1 rings (SSSR count). The van der Waals surface area contributed by atoms with Gasteiger partial charge in [0.25, 0.3) is 0 Å². The molecule has 0 aliphatic carbocycles. The molecule has 0 aliphatic heterocycles. The van der Waals surface area contributed by atoms with Crippen molar-refractivity contribution in [2.24, 2.45) is 10.9 Å². The molecule has 6 heteroatoms. The van der Waals surface area contributed by atoms with Gasteiger partial charge >= 0.3 is 0 Å². The van der Waals surface area contributed by atoms with Crippen molar-refractivity contribution in [3.05, 3.63) is 35.9 Å². The summed E-state index contributed by atoms with van der Waals surface area (Å²) in [6.07, 6.45) is 0. The first-order valence-corrected chi connectivity index (χ1v) is 6.84. The number of benzene rings is 1. The third kappa shape index (κ3) is 4.46. The van der Waals surface area contributed by atoms with Crippen LogP contribution in [0.2, 0.25) is 0 Å². The third-order valence-corrected chi connectivity index (χ3v) is 3.23. The Labute approximate surface area is 125 Å². The van der Waals surface area contributed by atoms with Gasteiger partial charge in [-0.1, -0.05) is 35.5 Å². The first-order chi connectivity index (χ1) is 10.0. The van der Waals surface area contributed by atoms with Gasteiger partial charge in [-0.25, -0.2) is 0 Å². The lowest BCUT2D eigenvalue weighted by atomic mass is 9.96. The van der Waals surface area contributed by atoms with Crippen molar-refractivity contribution in [1.82, 2.24) is 4.90 Å². The quantitative estimate of drug-likeness (QED) is 0.344. The lowest BCUT2D eigenvalue weighted by Crippen LogP contribution is -2.45. The van der Waals surface area contributed by atoms with Gasteiger partial charge in [-0.15, -0.1) is 0 Å². The van der Waals surface area contributed by atoms with Gasteiger partial charge in [0.15, 0.2) is 5.84 Å². The van der Waals surface area contributed by atoms with Gasteiger partial charge in [0.05, 0.1) is 6.61 Å². The van der Waals surface area contributed by atoms with Gasteiger partial charge in [0, 0.05) is 19.7 Å². The molecule has 0 bridgehead atoms. The molecule has 1 aromatic carbocycles. The second-order valence-corrected chi connectivity index (χ2v) is 4.99. The van der Waals surface area contributed by atoms with Crippen molar-refractivity contribution in [2.45, 2.75) is 25.8 Å². The van der Waals surface area contributed by atoms with E-state index in [1.54, 1.807) is 24.1 Å². The minimum Gasteiger partial charge on any atom is -0.409 e. The van der Waals surface area contributed by atoms with Crippen molar-refractivity contribution in [3.8, 4) is 0 Å². The summed E-state index contributed by atoms with van der Waals surface area (Å²) in [5.74, 6) is -1.12. The summed E-state index contributed by atoms with van der Waals surface area (Å²) in [5, 5.41) is 12.0. The predicted octanol–water partition coefficient (Wildman–Crippen LogP) is 1.40. The molecule has 116 valence electrons. The third-order valence-electron chi connectivity index (χ3n) is 3.23. The van der Waals surface area contributed by atoms with Crippen LogP contribution in [-0.2, 0) is 9.53 Å². The summed E-state index contributed by atoms with van der Waals surface area (Å²) in [4.78, 5) is 14.5. The second kappa shape index (κ2) is 8.26. The highest BCUT2D eigenvalue weighted by Gasteiger charge is 2.30. The number of rotatable bonds is 7. The number of amidine groups is 1. The maximum absolute atomic E-state index is 12.8. The fourth-order valence-corrected chi connectivity index (χ4v) is 2.12. The molecule has 1 aromatic rings. The van der Waals surface area contributed by atoms with Crippen LogP contribution in [0.4, 0.5) is 0 Å². The van der Waals surface area contributed by atoms with E-state index >= 15 is 0 Å². The molecule has 6 nitrogen and oxygen atoms in total. The number of ether oxygens (including phenoxy) is 1. The van der Waals surface area contributed by atoms with Gasteiger partial charge in [0.1, 0.15) is 5.92 Å². The first-order valence-electron chi connectivity index (χ1n) is 6.84. The van der Waals surface area contributed by atoms with Crippen LogP contribution in [0.1, 0.15) is 25.3 Å². The number of carbonyl (C=O) groups excluding carboxylic acids is 1. The number of hydrogen-bond donors (Lipinski definition) is 2. The molecular formula is C15H23N3O3. The van der Waals surface area contributed by atoms with Crippen molar-refractivity contribution in [1.29, 1.82) is 0 Å². The number of nitrogens with zero attached hydrogens (tertiary/aromatic N) is 2. The van der Waals surface area contributed by atoms with Gasteiger partial charge in [-0.3, -0.25) is 4.79 Å². The van der Waals surface area contributed by atoms with Crippen LogP contribution in [0.3, 0.4) is 0 Å². The minimum atomic E-state index is -0.796. The fraction of sp³-hybridized carbons (Fsp3) is 0.467. The molecular weight excluding hydrogens is 270 g/mol. The van der Waals surface area contributed by atoms with Gasteiger partial charge in [-0.2, -0.15) is 0 Å². The van der Waals surface area contributed by atoms with E-state index in [4.69, 9.17) is 15.7 Å². The van der Waals surface area contributed by atoms with E-state index < -0.39 is 5.92 Å². The second-order valence-electron chi connectivity index (χ2n) is 4.99. The summed E-state index contributed by atoms with van der Waals surface area (Å²) >= 11 is 0. The Morgan fingerprint density at radius 2 is 2.00 bits per heavy atom. The Balaban J connectivity index is 3.10. The fourth-order valence-electron chi connectivity index (χ4n) is 2.12. The molecule has 3 N–H and O–H groups in total. The summed E-state index contributed by atoms with van der Waals surface area (Å²) in [7, 11) is 1.58. The number of oxime groups is 1. The summed E-state index contributed by atoms with van der Waals surface area (Å²) in [5.41, 5.74) is 6.43. The maximum atomic E-state index is 12.8. The smallest absolute Gasteiger partial charge is 0.238 e. The zero-order valence-corrected chi connectivity index (χ0v) is 12.7. The normalized spacial score (nSPS) is 13.2. The topological polar surface area (TPSA) is 88.2 Å². The average Bonchev–Trinajstić information content (AvgIpc) is 2.48. The highest BCUT2D eigenvalue weighted by Crippen LogP contribution is 2.20. The van der Waals surface area contributed by atoms with E-state index in [0.717, 1.165) is 0 Å². The molecule has 0 saturated carbocycles. The van der Waals surface area contributed by atoms with E-state index in [1.165, 1.54) is 0 Å². The highest BCUT2D eigenvalue weighted by molar-refractivity contribution is 6.07. The number of carbonyl (C=O) groups is 1. The number of nitrogens with two attached hydrogens (primary N) is 1. The van der Waals surface area contributed by atoms with Crippen molar-refractivity contribution < 1.29 is 14.7 Å². The minimum absolute atomic E-state index is 0.00893. The Bertz CT molecular complexity index is 474. The van der Waals surface area contributed by atoms with Crippen LogP contribution in [-0.4, -0.2) is 48.2 Å². The molecule has 1 atom stereocenters. The zero-order chi connectivity index (χ0) is 15.8. The van der Waals surface area contributed by atoms with Crippen molar-refractivity contribution >= 4 is 11.7 Å². The molecule has 0 saturated heterocycles.